The lowest BCUT2D eigenvalue weighted by Crippen LogP contribution is -2.05. The van der Waals surface area contributed by atoms with Crippen molar-refractivity contribution in [2.45, 2.75) is 6.18 Å². The van der Waals surface area contributed by atoms with Crippen molar-refractivity contribution in [3.8, 4) is 11.5 Å². The lowest BCUT2D eigenvalue weighted by atomic mass is 10.2. The monoisotopic (exact) mass is 361 g/mol. The summed E-state index contributed by atoms with van der Waals surface area (Å²) in [6.07, 6.45) is -2.02. The van der Waals surface area contributed by atoms with E-state index in [0.29, 0.717) is 0 Å². The standard InChI is InChI=1S/C13H7BrF3NO3/c14-9-5-7(13(15,16)17)1-2-10(9)21-11-6-18-4-3-8(11)12(19)20/h1-6H,(H,19,20). The molecule has 0 amide bonds. The van der Waals surface area contributed by atoms with Gasteiger partial charge in [0.1, 0.15) is 11.3 Å². The molecule has 0 aliphatic heterocycles. The molecule has 0 spiro atoms. The number of nitrogens with zero attached hydrogens (tertiary/aromatic N) is 1. The summed E-state index contributed by atoms with van der Waals surface area (Å²) in [6, 6.07) is 4.03. The number of carboxylic acid groups (broad SMARTS) is 1. The average molecular weight is 362 g/mol. The van der Waals surface area contributed by atoms with Gasteiger partial charge in [-0.3, -0.25) is 4.98 Å². The Kier molecular flexibility index (Phi) is 4.17. The predicted molar refractivity (Wildman–Crippen MR) is 70.4 cm³/mol. The minimum absolute atomic E-state index is 0.0533. The van der Waals surface area contributed by atoms with Crippen molar-refractivity contribution in [2.75, 3.05) is 0 Å². The first-order valence-corrected chi connectivity index (χ1v) is 6.30. The number of aromatic nitrogens is 1. The molecule has 8 heteroatoms. The van der Waals surface area contributed by atoms with Crippen LogP contribution in [0.2, 0.25) is 0 Å². The number of halogens is 4. The minimum Gasteiger partial charge on any atom is -0.478 e. The molecule has 0 bridgehead atoms. The predicted octanol–water partition coefficient (Wildman–Crippen LogP) is 4.35. The third-order valence-corrected chi connectivity index (χ3v) is 3.11. The minimum atomic E-state index is -4.47. The molecule has 1 aromatic carbocycles. The van der Waals surface area contributed by atoms with Crippen LogP contribution in [0.4, 0.5) is 13.2 Å². The topological polar surface area (TPSA) is 59.4 Å². The van der Waals surface area contributed by atoms with Crippen LogP contribution in [0.5, 0.6) is 11.5 Å². The smallest absolute Gasteiger partial charge is 0.416 e. The molecule has 1 N–H and O–H groups in total. The zero-order chi connectivity index (χ0) is 15.6. The fraction of sp³-hybridized carbons (Fsp3) is 0.0769. The van der Waals surface area contributed by atoms with Gasteiger partial charge in [-0.1, -0.05) is 0 Å². The van der Waals surface area contributed by atoms with Gasteiger partial charge in [0.25, 0.3) is 0 Å². The normalized spacial score (nSPS) is 11.2. The van der Waals surface area contributed by atoms with Crippen LogP contribution in [0.15, 0.2) is 41.1 Å². The number of hydrogen-bond donors (Lipinski definition) is 1. The van der Waals surface area contributed by atoms with Crippen LogP contribution < -0.4 is 4.74 Å². The van der Waals surface area contributed by atoms with E-state index in [4.69, 9.17) is 9.84 Å². The van der Waals surface area contributed by atoms with E-state index in [1.54, 1.807) is 0 Å². The first-order chi connectivity index (χ1) is 9.79. The van der Waals surface area contributed by atoms with Gasteiger partial charge in [-0.05, 0) is 40.2 Å². The van der Waals surface area contributed by atoms with Gasteiger partial charge in [0, 0.05) is 6.20 Å². The molecule has 0 aliphatic carbocycles. The zero-order valence-electron chi connectivity index (χ0n) is 10.2. The number of alkyl halides is 3. The molecule has 0 saturated carbocycles. The van der Waals surface area contributed by atoms with Crippen LogP contribution in [0.1, 0.15) is 15.9 Å². The van der Waals surface area contributed by atoms with E-state index in [2.05, 4.69) is 20.9 Å². The van der Waals surface area contributed by atoms with Gasteiger partial charge >= 0.3 is 12.1 Å². The Morgan fingerprint density at radius 2 is 1.95 bits per heavy atom. The highest BCUT2D eigenvalue weighted by atomic mass is 79.9. The molecule has 2 aromatic rings. The van der Waals surface area contributed by atoms with Gasteiger partial charge < -0.3 is 9.84 Å². The van der Waals surface area contributed by atoms with E-state index in [1.165, 1.54) is 18.5 Å². The van der Waals surface area contributed by atoms with Gasteiger partial charge in [0.2, 0.25) is 0 Å². The number of ether oxygens (including phenoxy) is 1. The summed E-state index contributed by atoms with van der Waals surface area (Å²) in [5.41, 5.74) is -0.983. The molecule has 0 fully saturated rings. The van der Waals surface area contributed by atoms with E-state index < -0.39 is 17.7 Å². The third-order valence-electron chi connectivity index (χ3n) is 2.49. The molecule has 21 heavy (non-hydrogen) atoms. The van der Waals surface area contributed by atoms with Crippen molar-refractivity contribution in [1.29, 1.82) is 0 Å². The molecule has 0 aliphatic rings. The molecule has 2 rings (SSSR count). The summed E-state index contributed by atoms with van der Waals surface area (Å²) in [7, 11) is 0. The van der Waals surface area contributed by atoms with Crippen molar-refractivity contribution in [2.24, 2.45) is 0 Å². The van der Waals surface area contributed by atoms with Crippen LogP contribution in [-0.4, -0.2) is 16.1 Å². The Morgan fingerprint density at radius 3 is 2.52 bits per heavy atom. The van der Waals surface area contributed by atoms with Crippen LogP contribution in [0.25, 0.3) is 0 Å². The number of hydrogen-bond acceptors (Lipinski definition) is 3. The molecular weight excluding hydrogens is 355 g/mol. The fourth-order valence-corrected chi connectivity index (χ4v) is 1.98. The van der Waals surface area contributed by atoms with Gasteiger partial charge in [-0.2, -0.15) is 13.2 Å². The lowest BCUT2D eigenvalue weighted by Gasteiger charge is -2.12. The van der Waals surface area contributed by atoms with E-state index in [0.717, 1.165) is 18.2 Å². The van der Waals surface area contributed by atoms with Crippen LogP contribution >= 0.6 is 15.9 Å². The summed E-state index contributed by atoms with van der Waals surface area (Å²) in [6.45, 7) is 0. The number of rotatable bonds is 3. The number of carbonyl (C=O) groups is 1. The maximum absolute atomic E-state index is 12.5. The fourth-order valence-electron chi connectivity index (χ4n) is 1.52. The number of benzene rings is 1. The van der Waals surface area contributed by atoms with Crippen LogP contribution in [0, 0.1) is 0 Å². The first kappa shape index (κ1) is 15.3. The van der Waals surface area contributed by atoms with E-state index >= 15 is 0 Å². The number of aromatic carboxylic acids is 1. The van der Waals surface area contributed by atoms with Crippen LogP contribution in [0.3, 0.4) is 0 Å². The molecule has 0 radical (unpaired) electrons. The molecule has 0 atom stereocenters. The second-order valence-corrected chi connectivity index (χ2v) is 4.78. The molecule has 1 aromatic heterocycles. The Labute approximate surface area is 125 Å². The molecule has 0 saturated heterocycles. The maximum atomic E-state index is 12.5. The zero-order valence-corrected chi connectivity index (χ0v) is 11.8. The highest BCUT2D eigenvalue weighted by Gasteiger charge is 2.31. The number of pyridine rings is 1. The van der Waals surface area contributed by atoms with Crippen molar-refractivity contribution in [1.82, 2.24) is 4.98 Å². The molecule has 1 heterocycles. The summed E-state index contributed by atoms with van der Waals surface area (Å²) in [5.74, 6) is -1.24. The van der Waals surface area contributed by atoms with Crippen molar-refractivity contribution in [3.63, 3.8) is 0 Å². The van der Waals surface area contributed by atoms with E-state index in [9.17, 15) is 18.0 Å². The molecule has 110 valence electrons. The largest absolute Gasteiger partial charge is 0.478 e. The lowest BCUT2D eigenvalue weighted by molar-refractivity contribution is -0.137. The third kappa shape index (κ3) is 3.52. The second-order valence-electron chi connectivity index (χ2n) is 3.92. The number of carboxylic acids is 1. The van der Waals surface area contributed by atoms with Gasteiger partial charge in [-0.25, -0.2) is 4.79 Å². The summed E-state index contributed by atoms with van der Waals surface area (Å²) >= 11 is 2.97. The van der Waals surface area contributed by atoms with E-state index in [1.807, 2.05) is 0 Å². The molecule has 0 unspecified atom stereocenters. The molecular formula is C13H7BrF3NO3. The van der Waals surface area contributed by atoms with Crippen LogP contribution in [-0.2, 0) is 6.18 Å². The maximum Gasteiger partial charge on any atom is 0.416 e. The van der Waals surface area contributed by atoms with E-state index in [-0.39, 0.29) is 21.5 Å². The van der Waals surface area contributed by atoms with Gasteiger partial charge in [0.05, 0.1) is 16.2 Å². The van der Waals surface area contributed by atoms with Crippen molar-refractivity contribution >= 4 is 21.9 Å². The van der Waals surface area contributed by atoms with Crippen molar-refractivity contribution < 1.29 is 27.8 Å². The van der Waals surface area contributed by atoms with Gasteiger partial charge in [0.15, 0.2) is 5.75 Å². The van der Waals surface area contributed by atoms with Gasteiger partial charge in [-0.15, -0.1) is 0 Å². The van der Waals surface area contributed by atoms with Crippen molar-refractivity contribution in [3.05, 3.63) is 52.3 Å². The summed E-state index contributed by atoms with van der Waals surface area (Å²) < 4.78 is 43.0. The average Bonchev–Trinajstić information content (AvgIpc) is 2.40. The summed E-state index contributed by atoms with van der Waals surface area (Å²) in [4.78, 5) is 14.7. The Balaban J connectivity index is 2.35. The SMILES string of the molecule is O=C(O)c1ccncc1Oc1ccc(C(F)(F)F)cc1Br. The highest BCUT2D eigenvalue weighted by molar-refractivity contribution is 9.10. The highest BCUT2D eigenvalue weighted by Crippen LogP contribution is 2.37. The second kappa shape index (κ2) is 5.72. The first-order valence-electron chi connectivity index (χ1n) is 5.51. The Hall–Kier alpha value is -2.09. The Bertz CT molecular complexity index is 689. The summed E-state index contributed by atoms with van der Waals surface area (Å²) in [5, 5.41) is 9.00. The quantitative estimate of drug-likeness (QED) is 0.882. The molecule has 4 nitrogen and oxygen atoms in total. The Morgan fingerprint density at radius 1 is 1.24 bits per heavy atom.